The second-order valence-corrected chi connectivity index (χ2v) is 23.2. The van der Waals surface area contributed by atoms with Crippen molar-refractivity contribution in [2.45, 2.75) is 97.1 Å². The van der Waals surface area contributed by atoms with E-state index >= 15 is 0 Å². The second-order valence-electron chi connectivity index (χ2n) is 23.2. The van der Waals surface area contributed by atoms with Crippen LogP contribution in [0.5, 0.6) is 0 Å². The lowest BCUT2D eigenvalue weighted by molar-refractivity contribution is -0.145. The van der Waals surface area contributed by atoms with Crippen molar-refractivity contribution < 1.29 is 39.5 Å². The maximum absolute atomic E-state index is 14.6. The number of halogens is 9. The van der Waals surface area contributed by atoms with Gasteiger partial charge in [-0.15, -0.1) is 0 Å². The highest BCUT2D eigenvalue weighted by Crippen LogP contribution is 2.49. The molecule has 0 fully saturated rings. The third kappa shape index (κ3) is 11.6. The quantitative estimate of drug-likeness (QED) is 0.133. The molecule has 0 amide bonds. The van der Waals surface area contributed by atoms with Gasteiger partial charge in [-0.3, -0.25) is 0 Å². The van der Waals surface area contributed by atoms with E-state index in [4.69, 9.17) is 0 Å². The molecule has 398 valence electrons. The maximum atomic E-state index is 14.6. The van der Waals surface area contributed by atoms with Gasteiger partial charge >= 0.3 is 18.5 Å². The van der Waals surface area contributed by atoms with Crippen LogP contribution in [-0.2, 0) is 34.8 Å². The highest BCUT2D eigenvalue weighted by atomic mass is 19.4. The summed E-state index contributed by atoms with van der Waals surface area (Å²) in [5, 5.41) is 0. The van der Waals surface area contributed by atoms with Crippen LogP contribution in [0.4, 0.5) is 39.5 Å². The van der Waals surface area contributed by atoms with Crippen LogP contribution in [0.2, 0.25) is 0 Å². The molecule has 0 atom stereocenters. The first-order chi connectivity index (χ1) is 36.4. The van der Waals surface area contributed by atoms with Gasteiger partial charge < -0.3 is 0 Å². The van der Waals surface area contributed by atoms with Crippen molar-refractivity contribution in [2.75, 3.05) is 0 Å². The maximum Gasteiger partial charge on any atom is 0.416 e. The number of benzene rings is 9. The highest BCUT2D eigenvalue weighted by molar-refractivity contribution is 5.89. The molecule has 9 aromatic carbocycles. The van der Waals surface area contributed by atoms with Crippen LogP contribution in [0.15, 0.2) is 194 Å². The Morgan fingerprint density at radius 1 is 0.205 bits per heavy atom. The second kappa shape index (κ2) is 20.3. The fraction of sp³-hybridized carbons (Fsp3) is 0.217. The van der Waals surface area contributed by atoms with Gasteiger partial charge in [0.1, 0.15) is 0 Å². The van der Waals surface area contributed by atoms with Gasteiger partial charge in [-0.2, -0.15) is 39.5 Å². The van der Waals surface area contributed by atoms with E-state index in [-0.39, 0.29) is 16.7 Å². The molecule has 0 unspecified atom stereocenters. The van der Waals surface area contributed by atoms with Crippen LogP contribution in [0.1, 0.15) is 95.7 Å². The Morgan fingerprint density at radius 2 is 0.487 bits per heavy atom. The summed E-state index contributed by atoms with van der Waals surface area (Å²) in [5.74, 6) is 0. The van der Waals surface area contributed by atoms with Crippen molar-refractivity contribution in [1.29, 1.82) is 0 Å². The molecule has 0 heterocycles. The summed E-state index contributed by atoms with van der Waals surface area (Å²) in [7, 11) is 0. The third-order valence-corrected chi connectivity index (χ3v) is 14.3. The van der Waals surface area contributed by atoms with Crippen molar-refractivity contribution in [3.8, 4) is 89.0 Å². The summed E-state index contributed by atoms with van der Waals surface area (Å²) in [4.78, 5) is 0. The standard InChI is InChI=1S/C69H59F9/c1-64(2,3)58-32-31-48(39-59(58)67(70,71)72)44-23-25-45(26-24-44)51-33-49(42-17-12-10-13-18-42)35-54(37-51)56-21-16-22-57(62(56)65(4,5)6)55-36-50(43-19-14-11-15-20-43)34-52(38-55)46-27-29-47(30-28-46)53-40-60(68(73,74)75)63(66(7,8)9)61(41-53)69(76,77)78/h10-41H,1-9H3. The van der Waals surface area contributed by atoms with Crippen LogP contribution in [0, 0.1) is 0 Å². The van der Waals surface area contributed by atoms with E-state index in [9.17, 15) is 39.5 Å². The van der Waals surface area contributed by atoms with E-state index in [2.05, 4.69) is 75.4 Å². The monoisotopic (exact) mass is 1060 g/mol. The molecule has 0 bridgehead atoms. The molecule has 0 radical (unpaired) electrons. The number of rotatable bonds is 8. The Morgan fingerprint density at radius 3 is 0.808 bits per heavy atom. The van der Waals surface area contributed by atoms with Crippen molar-refractivity contribution in [1.82, 2.24) is 0 Å². The molecule has 0 aliphatic heterocycles. The zero-order valence-electron chi connectivity index (χ0n) is 44.9. The van der Waals surface area contributed by atoms with E-state index < -0.39 is 57.0 Å². The Bertz CT molecular complexity index is 3600. The van der Waals surface area contributed by atoms with Gasteiger partial charge in [0.15, 0.2) is 0 Å². The fourth-order valence-electron chi connectivity index (χ4n) is 10.7. The molecule has 9 rings (SSSR count). The Kier molecular flexibility index (Phi) is 14.3. The lowest BCUT2D eigenvalue weighted by Gasteiger charge is -2.29. The minimum atomic E-state index is -5.03. The summed E-state index contributed by atoms with van der Waals surface area (Å²) >= 11 is 0. The molecule has 9 aromatic rings. The molecular formula is C69H59F9. The molecule has 0 N–H and O–H groups in total. The van der Waals surface area contributed by atoms with Crippen molar-refractivity contribution in [2.24, 2.45) is 0 Å². The molecule has 0 aliphatic rings. The van der Waals surface area contributed by atoms with E-state index in [1.165, 1.54) is 26.8 Å². The zero-order chi connectivity index (χ0) is 56.3. The molecule has 0 nitrogen and oxygen atoms in total. The molecule has 0 aromatic heterocycles. The van der Waals surface area contributed by atoms with Gasteiger partial charge in [-0.05, 0) is 177 Å². The van der Waals surface area contributed by atoms with E-state index in [1.807, 2.05) is 84.9 Å². The predicted octanol–water partition coefficient (Wildman–Crippen LogP) is 22.0. The Labute approximate surface area is 451 Å². The predicted molar refractivity (Wildman–Crippen MR) is 301 cm³/mol. The first kappa shape index (κ1) is 55.1. The van der Waals surface area contributed by atoms with Gasteiger partial charge in [0.05, 0.1) is 16.7 Å². The van der Waals surface area contributed by atoms with Crippen LogP contribution in [-0.4, -0.2) is 0 Å². The van der Waals surface area contributed by atoms with Crippen LogP contribution >= 0.6 is 0 Å². The first-order valence-electron chi connectivity index (χ1n) is 25.8. The van der Waals surface area contributed by atoms with Crippen LogP contribution in [0.25, 0.3) is 89.0 Å². The molecular weight excluding hydrogens is 1000 g/mol. The van der Waals surface area contributed by atoms with Crippen LogP contribution in [0.3, 0.4) is 0 Å². The molecule has 0 aliphatic carbocycles. The normalized spacial score (nSPS) is 12.7. The summed E-state index contributed by atoms with van der Waals surface area (Å²) in [6, 6.07) is 59.2. The molecule has 9 heteroatoms. The van der Waals surface area contributed by atoms with Crippen molar-refractivity contribution in [3.63, 3.8) is 0 Å². The smallest absolute Gasteiger partial charge is 0.166 e. The fourth-order valence-corrected chi connectivity index (χ4v) is 10.7. The number of hydrogen-bond donors (Lipinski definition) is 0. The van der Waals surface area contributed by atoms with Gasteiger partial charge in [0, 0.05) is 0 Å². The van der Waals surface area contributed by atoms with Gasteiger partial charge in [-0.25, -0.2) is 0 Å². The largest absolute Gasteiger partial charge is 0.416 e. The SMILES string of the molecule is CC(C)(C)c1ccc(-c2ccc(-c3cc(-c4ccccc4)cc(-c4cccc(-c5cc(-c6ccccc6)cc(-c6ccc(-c7cc(C(F)(F)F)c(C(C)(C)C)c(C(F)(F)F)c7)cc6)c5)c4C(C)(C)C)c3)cc2)cc1C(F)(F)F. The Balaban J connectivity index is 1.17. The van der Waals surface area contributed by atoms with Crippen LogP contribution < -0.4 is 0 Å². The summed E-state index contributed by atoms with van der Waals surface area (Å²) < 4.78 is 131. The van der Waals surface area contributed by atoms with Crippen molar-refractivity contribution >= 4 is 0 Å². The van der Waals surface area contributed by atoms with Gasteiger partial charge in [-0.1, -0.05) is 202 Å². The summed E-state index contributed by atoms with van der Waals surface area (Å²) in [6.07, 6.45) is -14.6. The average molecular weight is 1060 g/mol. The first-order valence-corrected chi connectivity index (χ1v) is 25.8. The molecule has 0 saturated carbocycles. The van der Waals surface area contributed by atoms with E-state index in [1.54, 1.807) is 57.2 Å². The lowest BCUT2D eigenvalue weighted by atomic mass is 9.76. The highest BCUT2D eigenvalue weighted by Gasteiger charge is 2.45. The number of hydrogen-bond acceptors (Lipinski definition) is 0. The Hall–Kier alpha value is -7.65. The third-order valence-electron chi connectivity index (χ3n) is 14.3. The minimum Gasteiger partial charge on any atom is -0.166 e. The summed E-state index contributed by atoms with van der Waals surface area (Å²) in [5.41, 5.74) is 6.64. The molecule has 78 heavy (non-hydrogen) atoms. The van der Waals surface area contributed by atoms with Gasteiger partial charge in [0.2, 0.25) is 0 Å². The zero-order valence-corrected chi connectivity index (χ0v) is 44.9. The van der Waals surface area contributed by atoms with E-state index in [0.29, 0.717) is 16.7 Å². The minimum absolute atomic E-state index is 0.194. The van der Waals surface area contributed by atoms with Crippen molar-refractivity contribution in [3.05, 3.63) is 228 Å². The summed E-state index contributed by atoms with van der Waals surface area (Å²) in [6.45, 7) is 15.9. The van der Waals surface area contributed by atoms with E-state index in [0.717, 1.165) is 78.9 Å². The van der Waals surface area contributed by atoms with Gasteiger partial charge in [0.25, 0.3) is 0 Å². The average Bonchev–Trinajstić information content (AvgIpc) is 3.55. The topological polar surface area (TPSA) is 0 Å². The molecule has 0 spiro atoms. The number of alkyl halides is 9. The molecule has 0 saturated heterocycles. The lowest BCUT2D eigenvalue weighted by Crippen LogP contribution is -2.25.